The summed E-state index contributed by atoms with van der Waals surface area (Å²) in [7, 11) is 0. The van der Waals surface area contributed by atoms with Gasteiger partial charge in [0.2, 0.25) is 0 Å². The summed E-state index contributed by atoms with van der Waals surface area (Å²) in [5.41, 5.74) is 7.67. The first-order valence-electron chi connectivity index (χ1n) is 13.9. The molecule has 1 aliphatic heterocycles. The van der Waals surface area contributed by atoms with Gasteiger partial charge in [0.1, 0.15) is 0 Å². The molecule has 0 saturated carbocycles. The van der Waals surface area contributed by atoms with E-state index < -0.39 is 0 Å². The quantitative estimate of drug-likeness (QED) is 0.179. The molecule has 0 aromatic heterocycles. The molecule has 0 fully saturated rings. The first-order chi connectivity index (χ1) is 20.4. The van der Waals surface area contributed by atoms with Crippen LogP contribution in [0.5, 0.6) is 0 Å². The fourth-order valence-corrected chi connectivity index (χ4v) is 4.96. The van der Waals surface area contributed by atoms with Gasteiger partial charge < -0.3 is 9.80 Å². The van der Waals surface area contributed by atoms with Gasteiger partial charge in [-0.05, 0) is 77.9 Å². The van der Waals surface area contributed by atoms with E-state index in [1.54, 1.807) is 0 Å². The number of nitriles is 1. The standard InChI is InChI=1S/C38H32N4/c1-38(2,3)37-27-30(36(28-39)40-4)26-35(42(37)33-18-12-7-13-19-33)25-22-29-20-23-34(24-21-29)41(31-14-8-5-9-15-31)32-16-10-6-11-17-32/h5-27H,1-3H3. The molecular weight excluding hydrogens is 512 g/mol. The van der Waals surface area contributed by atoms with Gasteiger partial charge in [-0.25, -0.2) is 10.1 Å². The van der Waals surface area contributed by atoms with Gasteiger partial charge in [-0.2, -0.15) is 0 Å². The molecule has 0 amide bonds. The number of nitrogens with zero attached hydrogens (tertiary/aromatic N) is 4. The van der Waals surface area contributed by atoms with Crippen molar-refractivity contribution in [3.63, 3.8) is 0 Å². The summed E-state index contributed by atoms with van der Waals surface area (Å²) < 4.78 is 0. The molecule has 0 radical (unpaired) electrons. The first-order valence-corrected chi connectivity index (χ1v) is 13.9. The molecule has 5 rings (SSSR count). The van der Waals surface area contributed by atoms with Crippen molar-refractivity contribution in [1.82, 2.24) is 0 Å². The van der Waals surface area contributed by atoms with Crippen molar-refractivity contribution in [3.05, 3.63) is 173 Å². The largest absolute Gasteiger partial charge is 0.314 e. The molecule has 4 heteroatoms. The van der Waals surface area contributed by atoms with E-state index in [0.717, 1.165) is 39.7 Å². The van der Waals surface area contributed by atoms with Crippen molar-refractivity contribution in [3.8, 4) is 6.07 Å². The molecular formula is C38H32N4. The van der Waals surface area contributed by atoms with Crippen molar-refractivity contribution in [2.45, 2.75) is 20.8 Å². The summed E-state index contributed by atoms with van der Waals surface area (Å²) in [4.78, 5) is 7.95. The number of para-hydroxylation sites is 3. The highest BCUT2D eigenvalue weighted by Gasteiger charge is 2.29. The Morgan fingerprint density at radius 1 is 0.738 bits per heavy atom. The fourth-order valence-electron chi connectivity index (χ4n) is 4.96. The van der Waals surface area contributed by atoms with E-state index in [4.69, 9.17) is 6.57 Å². The lowest BCUT2D eigenvalue weighted by Gasteiger charge is -2.38. The van der Waals surface area contributed by atoms with E-state index in [-0.39, 0.29) is 11.1 Å². The molecule has 42 heavy (non-hydrogen) atoms. The zero-order chi connectivity index (χ0) is 29.5. The highest BCUT2D eigenvalue weighted by Crippen LogP contribution is 2.40. The summed E-state index contributed by atoms with van der Waals surface area (Å²) >= 11 is 0. The number of hydrogen-bond acceptors (Lipinski definition) is 3. The average Bonchev–Trinajstić information content (AvgIpc) is 3.02. The van der Waals surface area contributed by atoms with Gasteiger partial charge >= 0.3 is 0 Å². The predicted octanol–water partition coefficient (Wildman–Crippen LogP) is 10.2. The third kappa shape index (κ3) is 6.09. The van der Waals surface area contributed by atoms with Gasteiger partial charge in [-0.15, -0.1) is 0 Å². The molecule has 4 aromatic rings. The van der Waals surface area contributed by atoms with Crippen molar-refractivity contribution < 1.29 is 0 Å². The highest BCUT2D eigenvalue weighted by molar-refractivity contribution is 5.77. The van der Waals surface area contributed by atoms with Crippen molar-refractivity contribution in [1.29, 1.82) is 5.26 Å². The molecule has 0 saturated heterocycles. The molecule has 0 spiro atoms. The van der Waals surface area contributed by atoms with Gasteiger partial charge in [-0.3, -0.25) is 0 Å². The van der Waals surface area contributed by atoms with E-state index in [2.05, 4.69) is 114 Å². The highest BCUT2D eigenvalue weighted by atomic mass is 15.2. The van der Waals surface area contributed by atoms with Crippen LogP contribution in [0.25, 0.3) is 10.9 Å². The van der Waals surface area contributed by atoms with E-state index >= 15 is 0 Å². The second-order valence-electron chi connectivity index (χ2n) is 11.0. The molecule has 4 aromatic carbocycles. The van der Waals surface area contributed by atoms with Crippen LogP contribution >= 0.6 is 0 Å². The molecule has 1 heterocycles. The molecule has 0 aliphatic carbocycles. The monoisotopic (exact) mass is 544 g/mol. The van der Waals surface area contributed by atoms with Crippen LogP contribution < -0.4 is 9.80 Å². The minimum atomic E-state index is -0.239. The van der Waals surface area contributed by atoms with Crippen LogP contribution in [0.2, 0.25) is 0 Å². The Balaban J connectivity index is 1.54. The molecule has 0 N–H and O–H groups in total. The van der Waals surface area contributed by atoms with Crippen LogP contribution in [0.1, 0.15) is 26.3 Å². The van der Waals surface area contributed by atoms with Crippen molar-refractivity contribution in [2.24, 2.45) is 5.41 Å². The number of anilines is 4. The summed E-state index contributed by atoms with van der Waals surface area (Å²) in [6.45, 7) is 14.0. The maximum absolute atomic E-state index is 9.66. The molecule has 4 nitrogen and oxygen atoms in total. The number of benzene rings is 4. The second-order valence-corrected chi connectivity index (χ2v) is 11.0. The van der Waals surface area contributed by atoms with Gasteiger partial charge in [0, 0.05) is 39.6 Å². The molecule has 1 aliphatic rings. The summed E-state index contributed by atoms with van der Waals surface area (Å²) in [5, 5.41) is 9.66. The van der Waals surface area contributed by atoms with E-state index in [0.29, 0.717) is 5.57 Å². The van der Waals surface area contributed by atoms with Gasteiger partial charge in [0.25, 0.3) is 5.70 Å². The van der Waals surface area contributed by atoms with Gasteiger partial charge in [0.15, 0.2) is 0 Å². The Morgan fingerprint density at radius 3 is 1.76 bits per heavy atom. The average molecular weight is 545 g/mol. The molecule has 0 bridgehead atoms. The van der Waals surface area contributed by atoms with Crippen LogP contribution in [0.15, 0.2) is 156 Å². The SMILES string of the molecule is [C-]#[N+]C(C#N)=C1C=C(C=Cc2ccc(N(c3ccccc3)c3ccccc3)cc2)N(c2ccccc2)C(C(C)(C)C)=C1. The van der Waals surface area contributed by atoms with Crippen molar-refractivity contribution >= 4 is 28.8 Å². The Bertz CT molecular complexity index is 1690. The second kappa shape index (κ2) is 12.3. The Morgan fingerprint density at radius 2 is 1.26 bits per heavy atom. The normalized spacial score (nSPS) is 14.5. The molecule has 204 valence electrons. The minimum absolute atomic E-state index is 0.0848. The van der Waals surface area contributed by atoms with Gasteiger partial charge in [0.05, 0.1) is 12.6 Å². The topological polar surface area (TPSA) is 34.6 Å². The van der Waals surface area contributed by atoms with Crippen LogP contribution in [-0.4, -0.2) is 0 Å². The molecule has 0 unspecified atom stereocenters. The molecule has 0 atom stereocenters. The summed E-state index contributed by atoms with van der Waals surface area (Å²) in [6.07, 6.45) is 8.04. The third-order valence-electron chi connectivity index (χ3n) is 7.00. The smallest absolute Gasteiger partial charge is 0.269 e. The number of allylic oxidation sites excluding steroid dienone is 6. The van der Waals surface area contributed by atoms with Gasteiger partial charge in [-0.1, -0.05) is 93.6 Å². The fraction of sp³-hybridized carbons (Fsp3) is 0.105. The van der Waals surface area contributed by atoms with Crippen LogP contribution in [0.3, 0.4) is 0 Å². The minimum Gasteiger partial charge on any atom is -0.314 e. The van der Waals surface area contributed by atoms with Crippen LogP contribution in [-0.2, 0) is 0 Å². The maximum atomic E-state index is 9.66. The lowest BCUT2D eigenvalue weighted by molar-refractivity contribution is 0.490. The third-order valence-corrected chi connectivity index (χ3v) is 7.00. The zero-order valence-corrected chi connectivity index (χ0v) is 24.1. The number of rotatable bonds is 6. The van der Waals surface area contributed by atoms with E-state index in [1.165, 1.54) is 0 Å². The lowest BCUT2D eigenvalue weighted by atomic mass is 9.86. The number of hydrogen-bond donors (Lipinski definition) is 0. The summed E-state index contributed by atoms with van der Waals surface area (Å²) in [6, 6.07) is 41.4. The van der Waals surface area contributed by atoms with Crippen LogP contribution in [0.4, 0.5) is 22.7 Å². The van der Waals surface area contributed by atoms with Crippen LogP contribution in [0, 0.1) is 23.3 Å². The van der Waals surface area contributed by atoms with E-state index in [9.17, 15) is 5.26 Å². The Hall–Kier alpha value is -5.58. The zero-order valence-electron chi connectivity index (χ0n) is 24.1. The lowest BCUT2D eigenvalue weighted by Crippen LogP contribution is -2.31. The van der Waals surface area contributed by atoms with Crippen molar-refractivity contribution in [2.75, 3.05) is 9.80 Å². The first kappa shape index (κ1) is 28.0. The predicted molar refractivity (Wildman–Crippen MR) is 174 cm³/mol. The van der Waals surface area contributed by atoms with E-state index in [1.807, 2.05) is 66.7 Å². The maximum Gasteiger partial charge on any atom is 0.269 e. The Labute approximate surface area is 248 Å². The Kier molecular flexibility index (Phi) is 8.19. The summed E-state index contributed by atoms with van der Waals surface area (Å²) in [5.74, 6) is 0.